The number of hydrogen-bond donors (Lipinski definition) is 2. The van der Waals surface area contributed by atoms with E-state index in [2.05, 4.69) is 34.7 Å². The van der Waals surface area contributed by atoms with Gasteiger partial charge in [-0.2, -0.15) is 0 Å². The van der Waals surface area contributed by atoms with E-state index >= 15 is 0 Å². The van der Waals surface area contributed by atoms with Crippen molar-refractivity contribution in [2.24, 2.45) is 0 Å². The van der Waals surface area contributed by atoms with Gasteiger partial charge in [0.05, 0.1) is 19.2 Å². The fraction of sp³-hybridized carbons (Fsp3) is 0.818. The molecule has 0 aliphatic rings. The highest BCUT2D eigenvalue weighted by Gasteiger charge is 2.09. The van der Waals surface area contributed by atoms with Gasteiger partial charge in [-0.1, -0.05) is 18.9 Å². The number of nitrogens with one attached hydrogen (secondary N) is 2. The molecular weight excluding hydrogens is 220 g/mol. The first kappa shape index (κ1) is 13.9. The van der Waals surface area contributed by atoms with Crippen LogP contribution in [0.2, 0.25) is 0 Å². The van der Waals surface area contributed by atoms with Crippen LogP contribution in [0.15, 0.2) is 4.42 Å². The third-order valence-electron chi connectivity index (χ3n) is 2.07. The summed E-state index contributed by atoms with van der Waals surface area (Å²) >= 11 is 0. The van der Waals surface area contributed by atoms with Crippen molar-refractivity contribution in [1.82, 2.24) is 15.5 Å². The van der Waals surface area contributed by atoms with Crippen molar-refractivity contribution < 1.29 is 9.15 Å². The maximum absolute atomic E-state index is 5.43. The van der Waals surface area contributed by atoms with E-state index in [0.717, 1.165) is 0 Å². The number of nitrogens with zero attached hydrogens (tertiary/aromatic N) is 2. The Labute approximate surface area is 102 Å². The molecule has 0 spiro atoms. The summed E-state index contributed by atoms with van der Waals surface area (Å²) in [5, 5.41) is 14.2. The minimum absolute atomic E-state index is 0.154. The molecule has 1 aromatic heterocycles. The van der Waals surface area contributed by atoms with Crippen molar-refractivity contribution in [3.8, 4) is 0 Å². The van der Waals surface area contributed by atoms with Crippen molar-refractivity contribution in [2.75, 3.05) is 18.5 Å². The highest BCUT2D eigenvalue weighted by molar-refractivity contribution is 5.18. The number of anilines is 1. The van der Waals surface area contributed by atoms with Crippen molar-refractivity contribution >= 4 is 6.01 Å². The van der Waals surface area contributed by atoms with Gasteiger partial charge in [-0.3, -0.25) is 0 Å². The van der Waals surface area contributed by atoms with E-state index in [9.17, 15) is 0 Å². The van der Waals surface area contributed by atoms with Crippen molar-refractivity contribution in [2.45, 2.75) is 46.3 Å². The fourth-order valence-electron chi connectivity index (χ4n) is 1.22. The van der Waals surface area contributed by atoms with Gasteiger partial charge in [0.25, 0.3) is 0 Å². The lowest BCUT2D eigenvalue weighted by Crippen LogP contribution is -2.22. The third-order valence-corrected chi connectivity index (χ3v) is 2.07. The quantitative estimate of drug-likeness (QED) is 0.718. The summed E-state index contributed by atoms with van der Waals surface area (Å²) in [6, 6.07) is 0.995. The lowest BCUT2D eigenvalue weighted by atomic mass is 10.4. The summed E-state index contributed by atoms with van der Waals surface area (Å²) in [4.78, 5) is 0. The molecule has 6 heteroatoms. The standard InChI is InChI=1S/C11H22N4O2/c1-5-16-7-9(4)13-11-15-14-10(17-11)6-12-8(2)3/h8-9,12H,5-7H2,1-4H3,(H,13,15). The van der Waals surface area contributed by atoms with Crippen LogP contribution in [0.4, 0.5) is 6.01 Å². The molecule has 0 amide bonds. The second-order valence-electron chi connectivity index (χ2n) is 4.24. The molecule has 0 aliphatic carbocycles. The highest BCUT2D eigenvalue weighted by Crippen LogP contribution is 2.07. The summed E-state index contributed by atoms with van der Waals surface area (Å²) < 4.78 is 10.7. The first-order valence-electron chi connectivity index (χ1n) is 6.01. The van der Waals surface area contributed by atoms with Gasteiger partial charge in [-0.25, -0.2) is 0 Å². The Balaban J connectivity index is 2.34. The molecule has 0 aromatic carbocycles. The Kier molecular flexibility index (Phi) is 5.93. The normalized spacial score (nSPS) is 13.0. The van der Waals surface area contributed by atoms with E-state index in [0.29, 0.717) is 37.7 Å². The van der Waals surface area contributed by atoms with Gasteiger partial charge in [-0.15, -0.1) is 5.10 Å². The minimum atomic E-state index is 0.154. The average molecular weight is 242 g/mol. The highest BCUT2D eigenvalue weighted by atomic mass is 16.5. The Morgan fingerprint density at radius 2 is 2.06 bits per heavy atom. The van der Waals surface area contributed by atoms with E-state index < -0.39 is 0 Å². The summed E-state index contributed by atoms with van der Waals surface area (Å²) in [6.07, 6.45) is 0. The molecule has 0 aliphatic heterocycles. The zero-order valence-corrected chi connectivity index (χ0v) is 11.0. The molecule has 1 unspecified atom stereocenters. The molecule has 0 fully saturated rings. The zero-order valence-electron chi connectivity index (χ0n) is 11.0. The Hall–Kier alpha value is -1.14. The number of rotatable bonds is 8. The molecule has 6 nitrogen and oxygen atoms in total. The van der Waals surface area contributed by atoms with E-state index in [1.54, 1.807) is 0 Å². The number of ether oxygens (including phenoxy) is 1. The van der Waals surface area contributed by atoms with Crippen LogP contribution in [0.5, 0.6) is 0 Å². The van der Waals surface area contributed by atoms with Crippen molar-refractivity contribution in [3.63, 3.8) is 0 Å². The van der Waals surface area contributed by atoms with Gasteiger partial charge in [0.2, 0.25) is 5.89 Å². The predicted molar refractivity (Wildman–Crippen MR) is 65.9 cm³/mol. The maximum Gasteiger partial charge on any atom is 0.315 e. The molecular formula is C11H22N4O2. The molecule has 1 rings (SSSR count). The van der Waals surface area contributed by atoms with Crippen LogP contribution < -0.4 is 10.6 Å². The molecule has 1 atom stereocenters. The van der Waals surface area contributed by atoms with Gasteiger partial charge in [-0.05, 0) is 13.8 Å². The molecule has 1 aromatic rings. The largest absolute Gasteiger partial charge is 0.407 e. The monoisotopic (exact) mass is 242 g/mol. The SMILES string of the molecule is CCOCC(C)Nc1nnc(CNC(C)C)o1. The minimum Gasteiger partial charge on any atom is -0.407 e. The average Bonchev–Trinajstić information content (AvgIpc) is 2.71. The van der Waals surface area contributed by atoms with Crippen molar-refractivity contribution in [3.05, 3.63) is 5.89 Å². The van der Waals surface area contributed by atoms with E-state index in [-0.39, 0.29) is 6.04 Å². The molecule has 0 saturated carbocycles. The molecule has 1 heterocycles. The van der Waals surface area contributed by atoms with Crippen LogP contribution in [0, 0.1) is 0 Å². The smallest absolute Gasteiger partial charge is 0.315 e. The molecule has 2 N–H and O–H groups in total. The first-order chi connectivity index (χ1) is 8.11. The number of aromatic nitrogens is 2. The van der Waals surface area contributed by atoms with E-state index in [4.69, 9.17) is 9.15 Å². The molecule has 17 heavy (non-hydrogen) atoms. The molecule has 0 saturated heterocycles. The summed E-state index contributed by atoms with van der Waals surface area (Å²) in [5.41, 5.74) is 0. The van der Waals surface area contributed by atoms with E-state index in [1.807, 2.05) is 13.8 Å². The topological polar surface area (TPSA) is 72.2 Å². The third kappa shape index (κ3) is 5.65. The molecule has 98 valence electrons. The van der Waals surface area contributed by atoms with Gasteiger partial charge in [0, 0.05) is 12.6 Å². The van der Waals surface area contributed by atoms with Gasteiger partial charge in [0.1, 0.15) is 0 Å². The lowest BCUT2D eigenvalue weighted by molar-refractivity contribution is 0.140. The van der Waals surface area contributed by atoms with Gasteiger partial charge in [0.15, 0.2) is 0 Å². The molecule has 0 bridgehead atoms. The predicted octanol–water partition coefficient (Wildman–Crippen LogP) is 1.40. The second kappa shape index (κ2) is 7.24. The van der Waals surface area contributed by atoms with Crippen LogP contribution in [0.3, 0.4) is 0 Å². The Morgan fingerprint density at radius 1 is 1.29 bits per heavy atom. The zero-order chi connectivity index (χ0) is 12.7. The van der Waals surface area contributed by atoms with Crippen LogP contribution in [0.1, 0.15) is 33.6 Å². The van der Waals surface area contributed by atoms with E-state index in [1.165, 1.54) is 0 Å². The van der Waals surface area contributed by atoms with Gasteiger partial charge < -0.3 is 19.8 Å². The summed E-state index contributed by atoms with van der Waals surface area (Å²) in [7, 11) is 0. The van der Waals surface area contributed by atoms with Crippen LogP contribution in [0.25, 0.3) is 0 Å². The maximum atomic E-state index is 5.43. The summed E-state index contributed by atoms with van der Waals surface area (Å²) in [5.74, 6) is 0.588. The Morgan fingerprint density at radius 3 is 2.71 bits per heavy atom. The molecule has 0 radical (unpaired) electrons. The first-order valence-corrected chi connectivity index (χ1v) is 6.01. The van der Waals surface area contributed by atoms with Crippen LogP contribution in [-0.4, -0.2) is 35.5 Å². The summed E-state index contributed by atoms with van der Waals surface area (Å²) in [6.45, 7) is 10.0. The van der Waals surface area contributed by atoms with Crippen LogP contribution >= 0.6 is 0 Å². The number of hydrogen-bond acceptors (Lipinski definition) is 6. The second-order valence-corrected chi connectivity index (χ2v) is 4.24. The fourth-order valence-corrected chi connectivity index (χ4v) is 1.22. The lowest BCUT2D eigenvalue weighted by Gasteiger charge is -2.10. The van der Waals surface area contributed by atoms with Crippen molar-refractivity contribution in [1.29, 1.82) is 0 Å². The van der Waals surface area contributed by atoms with Gasteiger partial charge >= 0.3 is 6.01 Å². The van der Waals surface area contributed by atoms with Crippen LogP contribution in [-0.2, 0) is 11.3 Å². The Bertz CT molecular complexity index is 314.